The SMILES string of the molecule is CCCC(=O)OCCC1CC1CC. The van der Waals surface area contributed by atoms with Crippen LogP contribution in [0, 0.1) is 11.8 Å². The first-order valence-corrected chi connectivity index (χ1v) is 5.43. The van der Waals surface area contributed by atoms with Gasteiger partial charge >= 0.3 is 5.97 Å². The summed E-state index contributed by atoms with van der Waals surface area (Å²) in [6, 6.07) is 0. The molecular formula is C11H20O2. The lowest BCUT2D eigenvalue weighted by molar-refractivity contribution is -0.143. The van der Waals surface area contributed by atoms with Gasteiger partial charge in [0.1, 0.15) is 0 Å². The van der Waals surface area contributed by atoms with Crippen molar-refractivity contribution in [3.8, 4) is 0 Å². The maximum atomic E-state index is 11.0. The van der Waals surface area contributed by atoms with Crippen LogP contribution in [0.3, 0.4) is 0 Å². The molecule has 1 fully saturated rings. The summed E-state index contributed by atoms with van der Waals surface area (Å²) < 4.78 is 5.09. The monoisotopic (exact) mass is 184 g/mol. The Labute approximate surface area is 80.7 Å². The molecule has 2 unspecified atom stereocenters. The van der Waals surface area contributed by atoms with Crippen LogP contribution < -0.4 is 0 Å². The van der Waals surface area contributed by atoms with Crippen molar-refractivity contribution < 1.29 is 9.53 Å². The standard InChI is InChI=1S/C11H20O2/c1-3-5-11(12)13-7-6-10-8-9(10)4-2/h9-10H,3-8H2,1-2H3. The minimum absolute atomic E-state index is 0.0313. The molecule has 76 valence electrons. The molecule has 0 aromatic heterocycles. The van der Waals surface area contributed by atoms with E-state index < -0.39 is 0 Å². The van der Waals surface area contributed by atoms with Gasteiger partial charge in [0.2, 0.25) is 0 Å². The molecule has 1 saturated carbocycles. The van der Waals surface area contributed by atoms with E-state index in [1.807, 2.05) is 6.92 Å². The summed E-state index contributed by atoms with van der Waals surface area (Å²) in [5.74, 6) is 1.74. The zero-order valence-electron chi connectivity index (χ0n) is 8.71. The lowest BCUT2D eigenvalue weighted by Gasteiger charge is -2.02. The lowest BCUT2D eigenvalue weighted by Crippen LogP contribution is -2.05. The summed E-state index contributed by atoms with van der Waals surface area (Å²) in [5, 5.41) is 0. The van der Waals surface area contributed by atoms with Gasteiger partial charge in [-0.1, -0.05) is 20.3 Å². The smallest absolute Gasteiger partial charge is 0.305 e. The van der Waals surface area contributed by atoms with Crippen molar-refractivity contribution in [1.82, 2.24) is 0 Å². The lowest BCUT2D eigenvalue weighted by atomic mass is 10.2. The van der Waals surface area contributed by atoms with Gasteiger partial charge in [0, 0.05) is 6.42 Å². The highest BCUT2D eigenvalue weighted by Crippen LogP contribution is 2.43. The number of carbonyl (C=O) groups is 1. The third-order valence-corrected chi connectivity index (χ3v) is 2.80. The first-order chi connectivity index (χ1) is 6.27. The Morgan fingerprint density at radius 1 is 1.38 bits per heavy atom. The zero-order valence-corrected chi connectivity index (χ0v) is 8.71. The number of ether oxygens (including phenoxy) is 1. The summed E-state index contributed by atoms with van der Waals surface area (Å²) in [4.78, 5) is 11.0. The van der Waals surface area contributed by atoms with Gasteiger partial charge in [-0.15, -0.1) is 0 Å². The van der Waals surface area contributed by atoms with Crippen LogP contribution in [-0.4, -0.2) is 12.6 Å². The molecule has 1 aliphatic rings. The number of rotatable bonds is 6. The van der Waals surface area contributed by atoms with Gasteiger partial charge in [0.05, 0.1) is 6.61 Å². The molecule has 2 nitrogen and oxygen atoms in total. The number of hydrogen-bond acceptors (Lipinski definition) is 2. The normalized spacial score (nSPS) is 25.7. The van der Waals surface area contributed by atoms with E-state index in [2.05, 4.69) is 6.92 Å². The van der Waals surface area contributed by atoms with Gasteiger partial charge in [-0.05, 0) is 31.1 Å². The highest BCUT2D eigenvalue weighted by molar-refractivity contribution is 5.69. The topological polar surface area (TPSA) is 26.3 Å². The molecule has 0 N–H and O–H groups in total. The first-order valence-electron chi connectivity index (χ1n) is 5.43. The van der Waals surface area contributed by atoms with Crippen LogP contribution in [0.1, 0.15) is 46.0 Å². The van der Waals surface area contributed by atoms with Crippen molar-refractivity contribution in [2.75, 3.05) is 6.61 Å². The Bertz CT molecular complexity index is 165. The number of carbonyl (C=O) groups excluding carboxylic acids is 1. The van der Waals surface area contributed by atoms with Crippen LogP contribution in [0.4, 0.5) is 0 Å². The molecular weight excluding hydrogens is 164 g/mol. The maximum absolute atomic E-state index is 11.0. The second kappa shape index (κ2) is 5.25. The fourth-order valence-electron chi connectivity index (χ4n) is 1.76. The van der Waals surface area contributed by atoms with E-state index in [9.17, 15) is 4.79 Å². The average Bonchev–Trinajstić information content (AvgIpc) is 2.84. The summed E-state index contributed by atoms with van der Waals surface area (Å²) >= 11 is 0. The highest BCUT2D eigenvalue weighted by atomic mass is 16.5. The van der Waals surface area contributed by atoms with E-state index in [1.54, 1.807) is 0 Å². The van der Waals surface area contributed by atoms with Gasteiger partial charge in [0.15, 0.2) is 0 Å². The minimum Gasteiger partial charge on any atom is -0.466 e. The molecule has 0 spiro atoms. The van der Waals surface area contributed by atoms with Gasteiger partial charge < -0.3 is 4.74 Å². The van der Waals surface area contributed by atoms with Crippen molar-refractivity contribution in [3.63, 3.8) is 0 Å². The fraction of sp³-hybridized carbons (Fsp3) is 0.909. The van der Waals surface area contributed by atoms with E-state index in [1.165, 1.54) is 12.8 Å². The molecule has 1 rings (SSSR count). The van der Waals surface area contributed by atoms with Crippen LogP contribution in [0.15, 0.2) is 0 Å². The van der Waals surface area contributed by atoms with Crippen LogP contribution in [-0.2, 0) is 9.53 Å². The quantitative estimate of drug-likeness (QED) is 0.593. The Morgan fingerprint density at radius 2 is 2.15 bits per heavy atom. The largest absolute Gasteiger partial charge is 0.466 e. The highest BCUT2D eigenvalue weighted by Gasteiger charge is 2.34. The number of hydrogen-bond donors (Lipinski definition) is 0. The van der Waals surface area contributed by atoms with Gasteiger partial charge in [0.25, 0.3) is 0 Å². The van der Waals surface area contributed by atoms with Gasteiger partial charge in [-0.3, -0.25) is 4.79 Å². The third-order valence-electron chi connectivity index (χ3n) is 2.80. The van der Waals surface area contributed by atoms with Crippen LogP contribution >= 0.6 is 0 Å². The first kappa shape index (κ1) is 10.6. The molecule has 0 bridgehead atoms. The van der Waals surface area contributed by atoms with Crippen molar-refractivity contribution in [3.05, 3.63) is 0 Å². The average molecular weight is 184 g/mol. The molecule has 0 amide bonds. The third kappa shape index (κ3) is 3.79. The van der Waals surface area contributed by atoms with Crippen molar-refractivity contribution in [1.29, 1.82) is 0 Å². The van der Waals surface area contributed by atoms with Crippen molar-refractivity contribution in [2.45, 2.75) is 46.0 Å². The molecule has 0 heterocycles. The molecule has 0 aliphatic heterocycles. The molecule has 0 aromatic carbocycles. The molecule has 1 aliphatic carbocycles. The van der Waals surface area contributed by atoms with Gasteiger partial charge in [-0.2, -0.15) is 0 Å². The summed E-state index contributed by atoms with van der Waals surface area (Å²) in [6.45, 7) is 4.86. The molecule has 0 saturated heterocycles. The van der Waals surface area contributed by atoms with Crippen LogP contribution in [0.2, 0.25) is 0 Å². The predicted octanol–water partition coefficient (Wildman–Crippen LogP) is 2.77. The Balaban J connectivity index is 1.93. The second-order valence-electron chi connectivity index (χ2n) is 3.92. The van der Waals surface area contributed by atoms with E-state index >= 15 is 0 Å². The predicted molar refractivity (Wildman–Crippen MR) is 52.4 cm³/mol. The van der Waals surface area contributed by atoms with Crippen LogP contribution in [0.5, 0.6) is 0 Å². The van der Waals surface area contributed by atoms with Crippen molar-refractivity contribution >= 4 is 5.97 Å². The van der Waals surface area contributed by atoms with E-state index in [0.29, 0.717) is 13.0 Å². The zero-order chi connectivity index (χ0) is 9.68. The summed E-state index contributed by atoms with van der Waals surface area (Å²) in [5.41, 5.74) is 0. The van der Waals surface area contributed by atoms with E-state index in [4.69, 9.17) is 4.74 Å². The molecule has 0 aromatic rings. The van der Waals surface area contributed by atoms with Crippen molar-refractivity contribution in [2.24, 2.45) is 11.8 Å². The second-order valence-corrected chi connectivity index (χ2v) is 3.92. The molecule has 0 radical (unpaired) electrons. The maximum Gasteiger partial charge on any atom is 0.305 e. The number of esters is 1. The molecule has 2 atom stereocenters. The fourth-order valence-corrected chi connectivity index (χ4v) is 1.76. The Hall–Kier alpha value is -0.530. The Morgan fingerprint density at radius 3 is 2.69 bits per heavy atom. The molecule has 13 heavy (non-hydrogen) atoms. The minimum atomic E-state index is -0.0313. The van der Waals surface area contributed by atoms with Crippen LogP contribution in [0.25, 0.3) is 0 Å². The van der Waals surface area contributed by atoms with Gasteiger partial charge in [-0.25, -0.2) is 0 Å². The van der Waals surface area contributed by atoms with E-state index in [0.717, 1.165) is 24.7 Å². The Kier molecular flexibility index (Phi) is 4.26. The molecule has 2 heteroatoms. The summed E-state index contributed by atoms with van der Waals surface area (Å²) in [7, 11) is 0. The van der Waals surface area contributed by atoms with E-state index in [-0.39, 0.29) is 5.97 Å². The summed E-state index contributed by atoms with van der Waals surface area (Å²) in [6.07, 6.45) is 5.17.